The molecule has 1 aliphatic rings. The number of aromatic nitrogens is 1. The number of carboxylic acid groups (broad SMARTS) is 1. The average Bonchev–Trinajstić information content (AvgIpc) is 2.76. The quantitative estimate of drug-likeness (QED) is 0.627. The lowest BCUT2D eigenvalue weighted by atomic mass is 10.1. The zero-order valence-corrected chi connectivity index (χ0v) is 17.1. The third-order valence-corrected chi connectivity index (χ3v) is 5.29. The molecule has 0 spiro atoms. The minimum Gasteiger partial charge on any atom is -0.478 e. The standard InChI is InChI=1S/C23H22ClN3O3/c24-18-3-1-4-20(15-18)30-19-8-6-17(7-9-19)16-26-11-13-27(14-12-26)22-21(23(28)29)5-2-10-25-22/h1-10,15H,11-14,16H2,(H,28,29). The van der Waals surface area contributed by atoms with Gasteiger partial charge in [0.1, 0.15) is 22.9 Å². The van der Waals surface area contributed by atoms with Crippen molar-refractivity contribution in [1.29, 1.82) is 0 Å². The maximum absolute atomic E-state index is 11.4. The van der Waals surface area contributed by atoms with Gasteiger partial charge in [0.25, 0.3) is 0 Å². The zero-order valence-electron chi connectivity index (χ0n) is 16.4. The van der Waals surface area contributed by atoms with Gasteiger partial charge in [0.05, 0.1) is 0 Å². The summed E-state index contributed by atoms with van der Waals surface area (Å²) in [4.78, 5) is 20.1. The SMILES string of the molecule is O=C(O)c1cccnc1N1CCN(Cc2ccc(Oc3cccc(Cl)c3)cc2)CC1. The number of rotatable bonds is 6. The third kappa shape index (κ3) is 4.90. The summed E-state index contributed by atoms with van der Waals surface area (Å²) in [5.41, 5.74) is 1.45. The van der Waals surface area contributed by atoms with E-state index in [-0.39, 0.29) is 5.56 Å². The Morgan fingerprint density at radius 1 is 1.00 bits per heavy atom. The Balaban J connectivity index is 1.33. The van der Waals surface area contributed by atoms with Gasteiger partial charge >= 0.3 is 5.97 Å². The molecule has 4 rings (SSSR count). The highest BCUT2D eigenvalue weighted by atomic mass is 35.5. The van der Waals surface area contributed by atoms with E-state index in [0.29, 0.717) is 16.6 Å². The number of hydrogen-bond donors (Lipinski definition) is 1. The largest absolute Gasteiger partial charge is 0.478 e. The van der Waals surface area contributed by atoms with Crippen LogP contribution in [0, 0.1) is 0 Å². The van der Waals surface area contributed by atoms with Crippen molar-refractivity contribution in [3.8, 4) is 11.5 Å². The Bertz CT molecular complexity index is 1020. The molecular formula is C23H22ClN3O3. The van der Waals surface area contributed by atoms with Gasteiger partial charge in [-0.15, -0.1) is 0 Å². The summed E-state index contributed by atoms with van der Waals surface area (Å²) in [7, 11) is 0. The van der Waals surface area contributed by atoms with E-state index in [4.69, 9.17) is 16.3 Å². The number of hydrogen-bond acceptors (Lipinski definition) is 5. The summed E-state index contributed by atoms with van der Waals surface area (Å²) in [5, 5.41) is 10.0. The third-order valence-electron chi connectivity index (χ3n) is 5.05. The van der Waals surface area contributed by atoms with Crippen molar-refractivity contribution in [2.75, 3.05) is 31.1 Å². The monoisotopic (exact) mass is 423 g/mol. The summed E-state index contributed by atoms with van der Waals surface area (Å²) in [6, 6.07) is 18.6. The van der Waals surface area contributed by atoms with Crippen LogP contribution in [-0.2, 0) is 6.54 Å². The Morgan fingerprint density at radius 3 is 2.47 bits per heavy atom. The summed E-state index contributed by atoms with van der Waals surface area (Å²) < 4.78 is 5.84. The predicted molar refractivity (Wildman–Crippen MR) is 117 cm³/mol. The highest BCUT2D eigenvalue weighted by Crippen LogP contribution is 2.25. The van der Waals surface area contributed by atoms with E-state index in [1.807, 2.05) is 35.2 Å². The van der Waals surface area contributed by atoms with E-state index in [1.165, 1.54) is 5.56 Å². The van der Waals surface area contributed by atoms with Crippen molar-refractivity contribution in [2.24, 2.45) is 0 Å². The van der Waals surface area contributed by atoms with Crippen LogP contribution in [0.2, 0.25) is 5.02 Å². The number of nitrogens with zero attached hydrogens (tertiary/aromatic N) is 3. The Kier molecular flexibility index (Phi) is 6.16. The molecule has 30 heavy (non-hydrogen) atoms. The van der Waals surface area contributed by atoms with Crippen molar-refractivity contribution in [1.82, 2.24) is 9.88 Å². The van der Waals surface area contributed by atoms with Crippen LogP contribution < -0.4 is 9.64 Å². The molecule has 0 atom stereocenters. The number of piperazine rings is 1. The van der Waals surface area contributed by atoms with E-state index in [9.17, 15) is 9.90 Å². The number of halogens is 1. The van der Waals surface area contributed by atoms with Gasteiger partial charge in [-0.25, -0.2) is 9.78 Å². The van der Waals surface area contributed by atoms with E-state index < -0.39 is 5.97 Å². The maximum Gasteiger partial charge on any atom is 0.339 e. The maximum atomic E-state index is 11.4. The van der Waals surface area contributed by atoms with Gasteiger partial charge < -0.3 is 14.7 Å². The molecule has 1 fully saturated rings. The van der Waals surface area contributed by atoms with Gasteiger partial charge in [-0.1, -0.05) is 29.8 Å². The van der Waals surface area contributed by atoms with Crippen LogP contribution in [0.25, 0.3) is 0 Å². The average molecular weight is 424 g/mol. The summed E-state index contributed by atoms with van der Waals surface area (Å²) >= 11 is 6.00. The zero-order chi connectivity index (χ0) is 20.9. The van der Waals surface area contributed by atoms with Crippen molar-refractivity contribution in [2.45, 2.75) is 6.54 Å². The first kappa shape index (κ1) is 20.2. The molecule has 3 aromatic rings. The normalized spacial score (nSPS) is 14.5. The molecule has 0 saturated carbocycles. The number of ether oxygens (including phenoxy) is 1. The van der Waals surface area contributed by atoms with Crippen LogP contribution in [0.5, 0.6) is 11.5 Å². The molecular weight excluding hydrogens is 402 g/mol. The number of carboxylic acids is 1. The Morgan fingerprint density at radius 2 is 1.77 bits per heavy atom. The topological polar surface area (TPSA) is 65.9 Å². The molecule has 0 bridgehead atoms. The second-order valence-corrected chi connectivity index (χ2v) is 7.58. The van der Waals surface area contributed by atoms with Crippen LogP contribution in [-0.4, -0.2) is 47.1 Å². The number of pyridine rings is 1. The van der Waals surface area contributed by atoms with E-state index in [2.05, 4.69) is 22.0 Å². The first-order valence-electron chi connectivity index (χ1n) is 9.76. The predicted octanol–water partition coefficient (Wildman–Crippen LogP) is 4.55. The molecule has 1 aliphatic heterocycles. The highest BCUT2D eigenvalue weighted by Gasteiger charge is 2.22. The summed E-state index contributed by atoms with van der Waals surface area (Å²) in [6.07, 6.45) is 1.64. The molecule has 0 radical (unpaired) electrons. The molecule has 2 heterocycles. The van der Waals surface area contributed by atoms with Crippen LogP contribution in [0.1, 0.15) is 15.9 Å². The van der Waals surface area contributed by atoms with Crippen molar-refractivity contribution in [3.63, 3.8) is 0 Å². The molecule has 1 aromatic heterocycles. The van der Waals surface area contributed by atoms with Gasteiger partial charge in [0, 0.05) is 43.9 Å². The number of anilines is 1. The molecule has 7 heteroatoms. The molecule has 0 unspecified atom stereocenters. The van der Waals surface area contributed by atoms with Crippen LogP contribution in [0.3, 0.4) is 0 Å². The first-order chi connectivity index (χ1) is 14.6. The smallest absolute Gasteiger partial charge is 0.339 e. The lowest BCUT2D eigenvalue weighted by molar-refractivity contribution is 0.0697. The first-order valence-corrected chi connectivity index (χ1v) is 10.1. The van der Waals surface area contributed by atoms with Crippen LogP contribution in [0.15, 0.2) is 66.9 Å². The lowest BCUT2D eigenvalue weighted by Gasteiger charge is -2.35. The molecule has 1 N–H and O–H groups in total. The minimum absolute atomic E-state index is 0.251. The molecule has 154 valence electrons. The van der Waals surface area contributed by atoms with E-state index in [0.717, 1.165) is 38.5 Å². The lowest BCUT2D eigenvalue weighted by Crippen LogP contribution is -2.46. The van der Waals surface area contributed by atoms with Gasteiger partial charge in [-0.2, -0.15) is 0 Å². The van der Waals surface area contributed by atoms with E-state index in [1.54, 1.807) is 24.4 Å². The summed E-state index contributed by atoms with van der Waals surface area (Å²) in [5.74, 6) is 1.08. The van der Waals surface area contributed by atoms with Crippen molar-refractivity contribution < 1.29 is 14.6 Å². The summed E-state index contributed by atoms with van der Waals surface area (Å²) in [6.45, 7) is 4.01. The molecule has 2 aromatic carbocycles. The molecule has 6 nitrogen and oxygen atoms in total. The minimum atomic E-state index is -0.944. The van der Waals surface area contributed by atoms with Crippen molar-refractivity contribution in [3.05, 3.63) is 83.0 Å². The molecule has 1 saturated heterocycles. The number of benzene rings is 2. The highest BCUT2D eigenvalue weighted by molar-refractivity contribution is 6.30. The fourth-order valence-electron chi connectivity index (χ4n) is 3.52. The number of carbonyl (C=O) groups is 1. The Hall–Kier alpha value is -3.09. The van der Waals surface area contributed by atoms with Gasteiger partial charge in [0.15, 0.2) is 0 Å². The molecule has 0 amide bonds. The second-order valence-electron chi connectivity index (χ2n) is 7.15. The molecule has 0 aliphatic carbocycles. The fraction of sp³-hybridized carbons (Fsp3) is 0.217. The second kappa shape index (κ2) is 9.15. The fourth-order valence-corrected chi connectivity index (χ4v) is 3.70. The van der Waals surface area contributed by atoms with Gasteiger partial charge in [-0.3, -0.25) is 4.90 Å². The van der Waals surface area contributed by atoms with E-state index >= 15 is 0 Å². The van der Waals surface area contributed by atoms with Crippen LogP contribution >= 0.6 is 11.6 Å². The number of aromatic carboxylic acids is 1. The van der Waals surface area contributed by atoms with Crippen LogP contribution in [0.4, 0.5) is 5.82 Å². The van der Waals surface area contributed by atoms with Gasteiger partial charge in [-0.05, 0) is 48.0 Å². The van der Waals surface area contributed by atoms with Crippen molar-refractivity contribution >= 4 is 23.4 Å². The Labute approximate surface area is 180 Å². The van der Waals surface area contributed by atoms with Gasteiger partial charge in [0.2, 0.25) is 0 Å².